The van der Waals surface area contributed by atoms with E-state index < -0.39 is 0 Å². The van der Waals surface area contributed by atoms with E-state index in [1.807, 2.05) is 6.92 Å². The Morgan fingerprint density at radius 1 is 1.35 bits per heavy atom. The quantitative estimate of drug-likeness (QED) is 0.582. The van der Waals surface area contributed by atoms with E-state index in [-0.39, 0.29) is 12.2 Å². The highest BCUT2D eigenvalue weighted by Gasteiger charge is 2.24. The molecule has 1 aliphatic rings. The number of nitrogen functional groups attached to an aromatic ring is 1. The van der Waals surface area contributed by atoms with Gasteiger partial charge in [0.05, 0.1) is 12.2 Å². The summed E-state index contributed by atoms with van der Waals surface area (Å²) in [5.41, 5.74) is 3.56. The van der Waals surface area contributed by atoms with Crippen LogP contribution in [0, 0.1) is 6.92 Å². The third-order valence-electron chi connectivity index (χ3n) is 2.91. The molecule has 2 atom stereocenters. The fraction of sp³-hybridized carbons (Fsp3) is 0.636. The van der Waals surface area contributed by atoms with Gasteiger partial charge in [-0.15, -0.1) is 0 Å². The monoisotopic (exact) mass is 237 g/mol. The number of nitrogens with two attached hydrogens (primary N) is 1. The number of rotatable bonds is 2. The zero-order valence-electron chi connectivity index (χ0n) is 10.5. The summed E-state index contributed by atoms with van der Waals surface area (Å²) < 4.78 is 5.71. The van der Waals surface area contributed by atoms with Crippen LogP contribution in [0.2, 0.25) is 0 Å². The van der Waals surface area contributed by atoms with Crippen molar-refractivity contribution in [3.8, 4) is 0 Å². The molecule has 0 radical (unpaired) electrons. The molecule has 0 amide bonds. The molecule has 0 spiro atoms. The highest BCUT2D eigenvalue weighted by Crippen LogP contribution is 2.24. The van der Waals surface area contributed by atoms with Crippen molar-refractivity contribution < 1.29 is 4.74 Å². The Hall–Kier alpha value is -1.40. The van der Waals surface area contributed by atoms with E-state index >= 15 is 0 Å². The van der Waals surface area contributed by atoms with Crippen molar-refractivity contribution in [1.82, 2.24) is 9.97 Å². The first-order valence-electron chi connectivity index (χ1n) is 5.80. The molecule has 6 heteroatoms. The average molecular weight is 237 g/mol. The lowest BCUT2D eigenvalue weighted by Gasteiger charge is -2.36. The van der Waals surface area contributed by atoms with Gasteiger partial charge >= 0.3 is 0 Å². The van der Waals surface area contributed by atoms with Gasteiger partial charge in [0.2, 0.25) is 0 Å². The largest absolute Gasteiger partial charge is 0.372 e. The molecule has 17 heavy (non-hydrogen) atoms. The van der Waals surface area contributed by atoms with Crippen molar-refractivity contribution in [2.24, 2.45) is 5.84 Å². The van der Waals surface area contributed by atoms with Crippen molar-refractivity contribution >= 4 is 11.6 Å². The van der Waals surface area contributed by atoms with Gasteiger partial charge in [0.15, 0.2) is 0 Å². The number of hydrazine groups is 1. The lowest BCUT2D eigenvalue weighted by Crippen LogP contribution is -2.46. The smallest absolute Gasteiger partial charge is 0.148 e. The zero-order valence-corrected chi connectivity index (χ0v) is 10.5. The molecule has 1 aromatic rings. The van der Waals surface area contributed by atoms with E-state index in [1.54, 1.807) is 0 Å². The molecule has 6 nitrogen and oxygen atoms in total. The fourth-order valence-electron chi connectivity index (χ4n) is 2.26. The molecule has 0 saturated carbocycles. The van der Waals surface area contributed by atoms with Gasteiger partial charge in [-0.3, -0.25) is 0 Å². The Morgan fingerprint density at radius 3 is 2.59 bits per heavy atom. The molecule has 0 aliphatic carbocycles. The highest BCUT2D eigenvalue weighted by atomic mass is 16.5. The second-order valence-electron chi connectivity index (χ2n) is 4.48. The minimum Gasteiger partial charge on any atom is -0.372 e. The number of hydrogen-bond acceptors (Lipinski definition) is 6. The number of nitrogens with one attached hydrogen (secondary N) is 1. The maximum absolute atomic E-state index is 5.71. The number of hydrogen-bond donors (Lipinski definition) is 2. The Bertz CT molecular complexity index is 387. The third-order valence-corrected chi connectivity index (χ3v) is 2.91. The standard InChI is InChI=1S/C11H19N5O/c1-7-4-16(5-8(2)17-7)11-9(3)10(15-12)13-6-14-11/h6-8H,4-5,12H2,1-3H3,(H,13,14,15)/t7-,8+. The SMILES string of the molecule is Cc1c(NN)ncnc1N1C[C@@H](C)O[C@@H](C)C1. The van der Waals surface area contributed by atoms with E-state index in [4.69, 9.17) is 10.6 Å². The molecule has 0 bridgehead atoms. The molecular weight excluding hydrogens is 218 g/mol. The molecule has 1 fully saturated rings. The number of anilines is 2. The van der Waals surface area contributed by atoms with Crippen molar-refractivity contribution in [3.63, 3.8) is 0 Å². The van der Waals surface area contributed by atoms with Gasteiger partial charge in [0.1, 0.15) is 18.0 Å². The first kappa shape index (κ1) is 12.1. The minimum absolute atomic E-state index is 0.211. The van der Waals surface area contributed by atoms with Crippen LogP contribution in [0.1, 0.15) is 19.4 Å². The zero-order chi connectivity index (χ0) is 12.4. The Balaban J connectivity index is 2.27. The topological polar surface area (TPSA) is 76.3 Å². The molecular formula is C11H19N5O. The summed E-state index contributed by atoms with van der Waals surface area (Å²) in [5.74, 6) is 7.01. The predicted octanol–water partition coefficient (Wildman–Crippen LogP) is 0.684. The van der Waals surface area contributed by atoms with Crippen molar-refractivity contribution in [2.75, 3.05) is 23.4 Å². The lowest BCUT2D eigenvalue weighted by molar-refractivity contribution is -0.00549. The molecule has 94 valence electrons. The second-order valence-corrected chi connectivity index (χ2v) is 4.48. The summed E-state index contributed by atoms with van der Waals surface area (Å²) in [6, 6.07) is 0. The van der Waals surface area contributed by atoms with E-state index in [9.17, 15) is 0 Å². The van der Waals surface area contributed by atoms with Crippen LogP contribution in [0.4, 0.5) is 11.6 Å². The fourth-order valence-corrected chi connectivity index (χ4v) is 2.26. The minimum atomic E-state index is 0.211. The number of aromatic nitrogens is 2. The van der Waals surface area contributed by atoms with Crippen molar-refractivity contribution in [2.45, 2.75) is 33.0 Å². The molecule has 0 unspecified atom stereocenters. The Morgan fingerprint density at radius 2 is 2.00 bits per heavy atom. The first-order valence-corrected chi connectivity index (χ1v) is 5.80. The average Bonchev–Trinajstić information content (AvgIpc) is 2.28. The summed E-state index contributed by atoms with van der Waals surface area (Å²) in [7, 11) is 0. The number of nitrogens with zero attached hydrogens (tertiary/aromatic N) is 3. The second kappa shape index (κ2) is 4.85. The van der Waals surface area contributed by atoms with E-state index in [1.165, 1.54) is 6.33 Å². The van der Waals surface area contributed by atoms with Crippen LogP contribution >= 0.6 is 0 Å². The van der Waals surface area contributed by atoms with Crippen LogP contribution < -0.4 is 16.2 Å². The maximum Gasteiger partial charge on any atom is 0.148 e. The van der Waals surface area contributed by atoms with Crippen LogP contribution in [0.3, 0.4) is 0 Å². The Kier molecular flexibility index (Phi) is 3.44. The van der Waals surface area contributed by atoms with Crippen LogP contribution in [0.5, 0.6) is 0 Å². The van der Waals surface area contributed by atoms with Crippen molar-refractivity contribution in [1.29, 1.82) is 0 Å². The van der Waals surface area contributed by atoms with E-state index in [0.717, 1.165) is 24.5 Å². The predicted molar refractivity (Wildman–Crippen MR) is 66.8 cm³/mol. The highest BCUT2D eigenvalue weighted by molar-refractivity contribution is 5.57. The molecule has 1 aromatic heterocycles. The van der Waals surface area contributed by atoms with Crippen LogP contribution in [-0.4, -0.2) is 35.3 Å². The summed E-state index contributed by atoms with van der Waals surface area (Å²) in [6.07, 6.45) is 1.95. The van der Waals surface area contributed by atoms with Gasteiger partial charge in [-0.05, 0) is 20.8 Å². The van der Waals surface area contributed by atoms with Crippen LogP contribution in [0.15, 0.2) is 6.33 Å². The van der Waals surface area contributed by atoms with E-state index in [0.29, 0.717) is 5.82 Å². The van der Waals surface area contributed by atoms with Crippen molar-refractivity contribution in [3.05, 3.63) is 11.9 Å². The number of morpholine rings is 1. The molecule has 3 N–H and O–H groups in total. The summed E-state index contributed by atoms with van der Waals surface area (Å²) in [5, 5.41) is 0. The van der Waals surface area contributed by atoms with Gasteiger partial charge in [-0.2, -0.15) is 0 Å². The first-order chi connectivity index (χ1) is 8.11. The van der Waals surface area contributed by atoms with Gasteiger partial charge < -0.3 is 15.1 Å². The van der Waals surface area contributed by atoms with Gasteiger partial charge in [0.25, 0.3) is 0 Å². The summed E-state index contributed by atoms with van der Waals surface area (Å²) in [6.45, 7) is 7.79. The van der Waals surface area contributed by atoms with Gasteiger partial charge in [-0.1, -0.05) is 0 Å². The molecule has 2 rings (SSSR count). The number of ether oxygens (including phenoxy) is 1. The third kappa shape index (κ3) is 2.48. The van der Waals surface area contributed by atoms with Gasteiger partial charge in [0, 0.05) is 18.7 Å². The molecule has 1 saturated heterocycles. The normalized spacial score (nSPS) is 24.8. The maximum atomic E-state index is 5.71. The summed E-state index contributed by atoms with van der Waals surface area (Å²) in [4.78, 5) is 10.6. The lowest BCUT2D eigenvalue weighted by atomic mass is 10.2. The van der Waals surface area contributed by atoms with Crippen LogP contribution in [0.25, 0.3) is 0 Å². The molecule has 2 heterocycles. The van der Waals surface area contributed by atoms with Crippen LogP contribution in [-0.2, 0) is 4.74 Å². The molecule has 0 aromatic carbocycles. The molecule has 1 aliphatic heterocycles. The Labute approximate surface area is 101 Å². The van der Waals surface area contributed by atoms with E-state index in [2.05, 4.69) is 34.1 Å². The van der Waals surface area contributed by atoms with Gasteiger partial charge in [-0.25, -0.2) is 15.8 Å². The summed E-state index contributed by atoms with van der Waals surface area (Å²) >= 11 is 0.